The van der Waals surface area contributed by atoms with Gasteiger partial charge in [0.15, 0.2) is 5.58 Å². The number of amides is 1. The Morgan fingerprint density at radius 2 is 1.91 bits per heavy atom. The van der Waals surface area contributed by atoms with Gasteiger partial charge in [0, 0.05) is 24.4 Å². The standard InChI is InChI=1S/C18H16N2O2S/c21-17(20-10-5-11-20)14-7-2-1-6-13(14)12-23-18-19-15-8-3-4-9-16(15)22-18/h1-4,6-9H,5,10-12H2. The number of aromatic nitrogens is 1. The summed E-state index contributed by atoms with van der Waals surface area (Å²) in [6.07, 6.45) is 1.10. The van der Waals surface area contributed by atoms with E-state index in [2.05, 4.69) is 4.98 Å². The molecule has 3 aromatic rings. The van der Waals surface area contributed by atoms with Gasteiger partial charge >= 0.3 is 0 Å². The first-order valence-corrected chi connectivity index (χ1v) is 8.65. The van der Waals surface area contributed by atoms with Crippen LogP contribution >= 0.6 is 11.8 Å². The second kappa shape index (κ2) is 6.08. The van der Waals surface area contributed by atoms with E-state index >= 15 is 0 Å². The first kappa shape index (κ1) is 14.3. The average molecular weight is 324 g/mol. The quantitative estimate of drug-likeness (QED) is 0.681. The summed E-state index contributed by atoms with van der Waals surface area (Å²) in [6.45, 7) is 1.73. The first-order chi connectivity index (χ1) is 11.3. The van der Waals surface area contributed by atoms with Crippen LogP contribution in [0.2, 0.25) is 0 Å². The molecule has 0 aliphatic carbocycles. The van der Waals surface area contributed by atoms with E-state index in [1.165, 1.54) is 11.8 Å². The van der Waals surface area contributed by atoms with E-state index in [1.807, 2.05) is 53.4 Å². The van der Waals surface area contributed by atoms with Gasteiger partial charge in [0.1, 0.15) is 5.52 Å². The van der Waals surface area contributed by atoms with Crippen molar-refractivity contribution < 1.29 is 9.21 Å². The van der Waals surface area contributed by atoms with E-state index in [0.29, 0.717) is 11.0 Å². The Kier molecular flexibility index (Phi) is 3.79. The fraction of sp³-hybridized carbons (Fsp3) is 0.222. The largest absolute Gasteiger partial charge is 0.431 e. The third-order valence-corrected chi connectivity index (χ3v) is 4.89. The predicted octanol–water partition coefficient (Wildman–Crippen LogP) is 3.97. The lowest BCUT2D eigenvalue weighted by Gasteiger charge is -2.31. The monoisotopic (exact) mass is 324 g/mol. The Bertz CT molecular complexity index is 822. The lowest BCUT2D eigenvalue weighted by Crippen LogP contribution is -2.42. The molecule has 4 nitrogen and oxygen atoms in total. The van der Waals surface area contributed by atoms with Crippen LogP contribution in [0.15, 0.2) is 58.2 Å². The van der Waals surface area contributed by atoms with E-state index in [0.717, 1.165) is 41.7 Å². The number of carbonyl (C=O) groups excluding carboxylic acids is 1. The van der Waals surface area contributed by atoms with Crippen molar-refractivity contribution >= 4 is 28.8 Å². The van der Waals surface area contributed by atoms with Crippen LogP contribution in [0.3, 0.4) is 0 Å². The molecule has 0 radical (unpaired) electrons. The van der Waals surface area contributed by atoms with Crippen LogP contribution in [-0.4, -0.2) is 28.9 Å². The number of nitrogens with zero attached hydrogens (tertiary/aromatic N) is 2. The molecule has 0 unspecified atom stereocenters. The second-order valence-corrected chi connectivity index (χ2v) is 6.47. The summed E-state index contributed by atoms with van der Waals surface area (Å²) >= 11 is 1.52. The molecule has 5 heteroatoms. The summed E-state index contributed by atoms with van der Waals surface area (Å²) in [7, 11) is 0. The number of carbonyl (C=O) groups is 1. The number of hydrogen-bond donors (Lipinski definition) is 0. The van der Waals surface area contributed by atoms with Gasteiger partial charge in [0.05, 0.1) is 0 Å². The summed E-state index contributed by atoms with van der Waals surface area (Å²) in [4.78, 5) is 18.8. The zero-order valence-corrected chi connectivity index (χ0v) is 13.4. The second-order valence-electron chi connectivity index (χ2n) is 5.54. The summed E-state index contributed by atoms with van der Waals surface area (Å²) in [5.74, 6) is 0.799. The van der Waals surface area contributed by atoms with Gasteiger partial charge in [-0.15, -0.1) is 0 Å². The van der Waals surface area contributed by atoms with Crippen LogP contribution in [0.25, 0.3) is 11.1 Å². The number of benzene rings is 2. The molecule has 116 valence electrons. The van der Waals surface area contributed by atoms with Crippen molar-refractivity contribution in [1.82, 2.24) is 9.88 Å². The minimum atomic E-state index is 0.130. The van der Waals surface area contributed by atoms with Gasteiger partial charge in [0.2, 0.25) is 0 Å². The number of para-hydroxylation sites is 2. The number of hydrogen-bond acceptors (Lipinski definition) is 4. The van der Waals surface area contributed by atoms with Crippen LogP contribution in [0.5, 0.6) is 0 Å². The molecule has 1 fully saturated rings. The van der Waals surface area contributed by atoms with Gasteiger partial charge in [0.25, 0.3) is 11.1 Å². The highest BCUT2D eigenvalue weighted by atomic mass is 32.2. The lowest BCUT2D eigenvalue weighted by atomic mass is 10.1. The first-order valence-electron chi connectivity index (χ1n) is 7.67. The van der Waals surface area contributed by atoms with Gasteiger partial charge in [-0.1, -0.05) is 42.1 Å². The number of rotatable bonds is 4. The molecule has 23 heavy (non-hydrogen) atoms. The highest BCUT2D eigenvalue weighted by Gasteiger charge is 2.23. The lowest BCUT2D eigenvalue weighted by molar-refractivity contribution is 0.0651. The fourth-order valence-electron chi connectivity index (χ4n) is 2.60. The minimum Gasteiger partial charge on any atom is -0.431 e. The molecular weight excluding hydrogens is 308 g/mol. The van der Waals surface area contributed by atoms with Crippen molar-refractivity contribution in [3.63, 3.8) is 0 Å². The summed E-state index contributed by atoms with van der Waals surface area (Å²) < 4.78 is 5.73. The van der Waals surface area contributed by atoms with Crippen molar-refractivity contribution in [3.8, 4) is 0 Å². The SMILES string of the molecule is O=C(c1ccccc1CSc1nc2ccccc2o1)N1CCC1. The molecule has 2 heterocycles. The number of likely N-dealkylation sites (tertiary alicyclic amines) is 1. The van der Waals surface area contributed by atoms with Crippen molar-refractivity contribution in [2.24, 2.45) is 0 Å². The fourth-order valence-corrected chi connectivity index (χ4v) is 3.44. The maximum absolute atomic E-state index is 12.5. The van der Waals surface area contributed by atoms with Crippen molar-refractivity contribution in [2.75, 3.05) is 13.1 Å². The maximum Gasteiger partial charge on any atom is 0.257 e. The van der Waals surface area contributed by atoms with Crippen LogP contribution in [0.1, 0.15) is 22.3 Å². The Morgan fingerprint density at radius 1 is 1.13 bits per heavy atom. The van der Waals surface area contributed by atoms with E-state index in [4.69, 9.17) is 4.42 Å². The number of oxazole rings is 1. The van der Waals surface area contributed by atoms with Gasteiger partial charge in [-0.05, 0) is 30.2 Å². The molecule has 0 spiro atoms. The van der Waals surface area contributed by atoms with Crippen molar-refractivity contribution in [3.05, 3.63) is 59.7 Å². The average Bonchev–Trinajstić information content (AvgIpc) is 2.94. The van der Waals surface area contributed by atoms with E-state index in [-0.39, 0.29) is 5.91 Å². The molecule has 0 saturated carbocycles. The van der Waals surface area contributed by atoms with Crippen LogP contribution in [0, 0.1) is 0 Å². The summed E-state index contributed by atoms with van der Waals surface area (Å²) in [6, 6.07) is 15.5. The number of fused-ring (bicyclic) bond motifs is 1. The molecular formula is C18H16N2O2S. The van der Waals surface area contributed by atoms with E-state index in [9.17, 15) is 4.79 Å². The molecule has 1 aromatic heterocycles. The third-order valence-electron chi connectivity index (χ3n) is 4.02. The molecule has 1 aliphatic rings. The van der Waals surface area contributed by atoms with Crippen LogP contribution in [0.4, 0.5) is 0 Å². The maximum atomic E-state index is 12.5. The van der Waals surface area contributed by atoms with E-state index in [1.54, 1.807) is 0 Å². The van der Waals surface area contributed by atoms with E-state index < -0.39 is 0 Å². The zero-order valence-electron chi connectivity index (χ0n) is 12.6. The Morgan fingerprint density at radius 3 is 2.70 bits per heavy atom. The van der Waals surface area contributed by atoms with Crippen molar-refractivity contribution in [2.45, 2.75) is 17.4 Å². The summed E-state index contributed by atoms with van der Waals surface area (Å²) in [5, 5.41) is 0.636. The van der Waals surface area contributed by atoms with Gasteiger partial charge < -0.3 is 9.32 Å². The smallest absolute Gasteiger partial charge is 0.257 e. The normalized spacial score (nSPS) is 14.0. The molecule has 0 N–H and O–H groups in total. The summed E-state index contributed by atoms with van der Waals surface area (Å²) in [5.41, 5.74) is 3.47. The van der Waals surface area contributed by atoms with Gasteiger partial charge in [-0.25, -0.2) is 4.98 Å². The topological polar surface area (TPSA) is 46.3 Å². The van der Waals surface area contributed by atoms with Crippen LogP contribution < -0.4 is 0 Å². The Balaban J connectivity index is 1.53. The Labute approximate surface area is 138 Å². The van der Waals surface area contributed by atoms with Crippen molar-refractivity contribution in [1.29, 1.82) is 0 Å². The predicted molar refractivity (Wildman–Crippen MR) is 90.5 cm³/mol. The highest BCUT2D eigenvalue weighted by molar-refractivity contribution is 7.98. The van der Waals surface area contributed by atoms with Gasteiger partial charge in [-0.2, -0.15) is 0 Å². The minimum absolute atomic E-state index is 0.130. The Hall–Kier alpha value is -2.27. The molecule has 1 saturated heterocycles. The molecule has 1 aliphatic heterocycles. The molecule has 2 aromatic carbocycles. The molecule has 0 atom stereocenters. The molecule has 1 amide bonds. The number of thioether (sulfide) groups is 1. The highest BCUT2D eigenvalue weighted by Crippen LogP contribution is 2.28. The van der Waals surface area contributed by atoms with Crippen LogP contribution in [-0.2, 0) is 5.75 Å². The van der Waals surface area contributed by atoms with Gasteiger partial charge in [-0.3, -0.25) is 4.79 Å². The molecule has 4 rings (SSSR count). The third kappa shape index (κ3) is 2.84. The zero-order chi connectivity index (χ0) is 15.6. The molecule has 0 bridgehead atoms.